The second-order valence-electron chi connectivity index (χ2n) is 5.75. The zero-order chi connectivity index (χ0) is 12.4. The van der Waals surface area contributed by atoms with E-state index in [-0.39, 0.29) is 0 Å². The van der Waals surface area contributed by atoms with Crippen LogP contribution in [0, 0.1) is 5.92 Å². The molecule has 1 aromatic rings. The number of benzene rings is 1. The molecule has 1 heterocycles. The molecule has 0 bridgehead atoms. The number of nitrogens with one attached hydrogen (secondary N) is 1. The van der Waals surface area contributed by atoms with E-state index in [4.69, 9.17) is 0 Å². The molecule has 1 aliphatic rings. The summed E-state index contributed by atoms with van der Waals surface area (Å²) in [6.45, 7) is 11.4. The fraction of sp³-hybridized carbons (Fsp3) is 0.625. The van der Waals surface area contributed by atoms with E-state index in [0.717, 1.165) is 19.0 Å². The van der Waals surface area contributed by atoms with Crippen LogP contribution in [0.25, 0.3) is 0 Å². The largest absolute Gasteiger partial charge is 0.312 e. The van der Waals surface area contributed by atoms with Crippen molar-refractivity contribution in [2.24, 2.45) is 5.92 Å². The number of fused-ring (bicyclic) bond motifs is 1. The lowest BCUT2D eigenvalue weighted by molar-refractivity contribution is 0.435. The summed E-state index contributed by atoms with van der Waals surface area (Å²) in [6.07, 6.45) is 1.22. The molecule has 1 nitrogen and oxygen atoms in total. The Labute approximate surface area is 106 Å². The van der Waals surface area contributed by atoms with Crippen LogP contribution in [0.3, 0.4) is 0 Å². The number of hydrogen-bond acceptors (Lipinski definition) is 1. The quantitative estimate of drug-likeness (QED) is 0.827. The third-order valence-electron chi connectivity index (χ3n) is 4.23. The fourth-order valence-corrected chi connectivity index (χ4v) is 2.75. The van der Waals surface area contributed by atoms with Crippen molar-refractivity contribution in [2.75, 3.05) is 6.54 Å². The van der Waals surface area contributed by atoms with Gasteiger partial charge in [-0.15, -0.1) is 0 Å². The van der Waals surface area contributed by atoms with E-state index in [1.807, 2.05) is 0 Å². The summed E-state index contributed by atoms with van der Waals surface area (Å²) in [5.41, 5.74) is 4.59. The standard InChI is InChI=1S/C16H25N/c1-5-12(4)13-6-7-15-14(8-13)9-17-10-16(15)11(2)3/h6-8,11-12,16-17H,5,9-10H2,1-4H3. The van der Waals surface area contributed by atoms with E-state index in [1.54, 1.807) is 5.56 Å². The van der Waals surface area contributed by atoms with Crippen LogP contribution in [-0.2, 0) is 6.54 Å². The van der Waals surface area contributed by atoms with Crippen molar-refractivity contribution in [2.45, 2.75) is 52.5 Å². The van der Waals surface area contributed by atoms with Gasteiger partial charge in [0.15, 0.2) is 0 Å². The van der Waals surface area contributed by atoms with Crippen molar-refractivity contribution >= 4 is 0 Å². The highest BCUT2D eigenvalue weighted by Crippen LogP contribution is 2.32. The Balaban J connectivity index is 2.33. The molecule has 2 rings (SSSR count). The van der Waals surface area contributed by atoms with Gasteiger partial charge in [-0.2, -0.15) is 0 Å². The molecule has 1 aliphatic heterocycles. The normalized spacial score (nSPS) is 21.4. The Bertz CT molecular complexity index is 381. The van der Waals surface area contributed by atoms with Crippen LogP contribution < -0.4 is 5.32 Å². The Morgan fingerprint density at radius 1 is 1.29 bits per heavy atom. The van der Waals surface area contributed by atoms with Crippen LogP contribution in [0.15, 0.2) is 18.2 Å². The maximum absolute atomic E-state index is 3.56. The molecule has 1 aromatic carbocycles. The zero-order valence-corrected chi connectivity index (χ0v) is 11.6. The Hall–Kier alpha value is -0.820. The Morgan fingerprint density at radius 3 is 2.71 bits per heavy atom. The fourth-order valence-electron chi connectivity index (χ4n) is 2.75. The minimum absolute atomic E-state index is 0.680. The molecule has 0 saturated heterocycles. The molecular weight excluding hydrogens is 206 g/mol. The van der Waals surface area contributed by atoms with E-state index in [1.165, 1.54) is 17.5 Å². The second kappa shape index (κ2) is 5.22. The minimum atomic E-state index is 0.680. The SMILES string of the molecule is CCC(C)c1ccc2c(c1)CNCC2C(C)C. The molecular formula is C16H25N. The molecule has 94 valence electrons. The van der Waals surface area contributed by atoms with Gasteiger partial charge in [0.1, 0.15) is 0 Å². The molecule has 0 radical (unpaired) electrons. The van der Waals surface area contributed by atoms with E-state index in [0.29, 0.717) is 11.8 Å². The van der Waals surface area contributed by atoms with Gasteiger partial charge in [0.25, 0.3) is 0 Å². The molecule has 0 saturated carbocycles. The van der Waals surface area contributed by atoms with Gasteiger partial charge in [0.2, 0.25) is 0 Å². The summed E-state index contributed by atoms with van der Waals surface area (Å²) in [4.78, 5) is 0. The van der Waals surface area contributed by atoms with Gasteiger partial charge in [-0.25, -0.2) is 0 Å². The highest BCUT2D eigenvalue weighted by molar-refractivity contribution is 5.38. The average Bonchev–Trinajstić information content (AvgIpc) is 2.36. The Morgan fingerprint density at radius 2 is 2.06 bits per heavy atom. The summed E-state index contributed by atoms with van der Waals surface area (Å²) < 4.78 is 0. The van der Waals surface area contributed by atoms with Crippen molar-refractivity contribution in [1.29, 1.82) is 0 Å². The minimum Gasteiger partial charge on any atom is -0.312 e. The van der Waals surface area contributed by atoms with E-state index in [9.17, 15) is 0 Å². The first-order valence-electron chi connectivity index (χ1n) is 6.97. The van der Waals surface area contributed by atoms with E-state index >= 15 is 0 Å². The maximum atomic E-state index is 3.56. The van der Waals surface area contributed by atoms with Crippen LogP contribution in [0.5, 0.6) is 0 Å². The molecule has 0 spiro atoms. The highest BCUT2D eigenvalue weighted by atomic mass is 14.9. The topological polar surface area (TPSA) is 12.0 Å². The molecule has 0 fully saturated rings. The first-order chi connectivity index (χ1) is 8.13. The third kappa shape index (κ3) is 2.55. The summed E-state index contributed by atoms with van der Waals surface area (Å²) in [7, 11) is 0. The van der Waals surface area contributed by atoms with Crippen LogP contribution in [0.2, 0.25) is 0 Å². The van der Waals surface area contributed by atoms with Gasteiger partial charge in [-0.05, 0) is 40.9 Å². The van der Waals surface area contributed by atoms with Crippen LogP contribution in [0.4, 0.5) is 0 Å². The molecule has 1 heteroatoms. The van der Waals surface area contributed by atoms with Gasteiger partial charge in [0.05, 0.1) is 0 Å². The summed E-state index contributed by atoms with van der Waals surface area (Å²) in [5, 5.41) is 3.56. The van der Waals surface area contributed by atoms with Crippen LogP contribution in [-0.4, -0.2) is 6.54 Å². The molecule has 2 unspecified atom stereocenters. The zero-order valence-electron chi connectivity index (χ0n) is 11.6. The van der Waals surface area contributed by atoms with Gasteiger partial charge in [-0.3, -0.25) is 0 Å². The lowest BCUT2D eigenvalue weighted by atomic mass is 9.81. The van der Waals surface area contributed by atoms with Crippen molar-refractivity contribution in [3.05, 3.63) is 34.9 Å². The predicted molar refractivity (Wildman–Crippen MR) is 74.4 cm³/mol. The van der Waals surface area contributed by atoms with Gasteiger partial charge < -0.3 is 5.32 Å². The Kier molecular flexibility index (Phi) is 3.88. The number of rotatable bonds is 3. The van der Waals surface area contributed by atoms with Crippen molar-refractivity contribution in [1.82, 2.24) is 5.32 Å². The smallest absolute Gasteiger partial charge is 0.0208 e. The monoisotopic (exact) mass is 231 g/mol. The highest BCUT2D eigenvalue weighted by Gasteiger charge is 2.22. The predicted octanol–water partition coefficient (Wildman–Crippen LogP) is 4.04. The first-order valence-corrected chi connectivity index (χ1v) is 6.97. The molecule has 17 heavy (non-hydrogen) atoms. The first kappa shape index (κ1) is 12.6. The second-order valence-corrected chi connectivity index (χ2v) is 5.75. The lowest BCUT2D eigenvalue weighted by Crippen LogP contribution is -2.30. The summed E-state index contributed by atoms with van der Waals surface area (Å²) in [5.74, 6) is 2.08. The molecule has 0 amide bonds. The average molecular weight is 231 g/mol. The summed E-state index contributed by atoms with van der Waals surface area (Å²) in [6, 6.07) is 7.14. The number of hydrogen-bond donors (Lipinski definition) is 1. The van der Waals surface area contributed by atoms with E-state index < -0.39 is 0 Å². The van der Waals surface area contributed by atoms with Crippen LogP contribution >= 0.6 is 0 Å². The van der Waals surface area contributed by atoms with Crippen molar-refractivity contribution in [3.8, 4) is 0 Å². The summed E-state index contributed by atoms with van der Waals surface area (Å²) >= 11 is 0. The van der Waals surface area contributed by atoms with Gasteiger partial charge in [-0.1, -0.05) is 45.9 Å². The maximum Gasteiger partial charge on any atom is 0.0208 e. The van der Waals surface area contributed by atoms with Crippen molar-refractivity contribution < 1.29 is 0 Å². The van der Waals surface area contributed by atoms with Crippen LogP contribution in [0.1, 0.15) is 62.6 Å². The molecule has 2 atom stereocenters. The van der Waals surface area contributed by atoms with Gasteiger partial charge in [0, 0.05) is 13.1 Å². The molecule has 1 N–H and O–H groups in total. The lowest BCUT2D eigenvalue weighted by Gasteiger charge is -2.30. The van der Waals surface area contributed by atoms with Crippen molar-refractivity contribution in [3.63, 3.8) is 0 Å². The third-order valence-corrected chi connectivity index (χ3v) is 4.23. The van der Waals surface area contributed by atoms with Gasteiger partial charge >= 0.3 is 0 Å². The molecule has 0 aromatic heterocycles. The molecule has 0 aliphatic carbocycles. The van der Waals surface area contributed by atoms with E-state index in [2.05, 4.69) is 51.2 Å².